The molecule has 1 aliphatic heterocycles. The molecule has 3 rings (SSSR count). The van der Waals surface area contributed by atoms with Crippen LogP contribution in [0.4, 0.5) is 0 Å². The second-order valence-electron chi connectivity index (χ2n) is 5.17. The largest absolute Gasteiger partial charge is 0.329 e. The van der Waals surface area contributed by atoms with Crippen molar-refractivity contribution >= 4 is 23.1 Å². The van der Waals surface area contributed by atoms with Crippen LogP contribution in [0.5, 0.6) is 0 Å². The summed E-state index contributed by atoms with van der Waals surface area (Å²) in [5.74, 6) is 2.51. The lowest BCUT2D eigenvalue weighted by Gasteiger charge is -2.40. The number of rotatable bonds is 5. The van der Waals surface area contributed by atoms with Crippen LogP contribution in [0.2, 0.25) is 0 Å². The summed E-state index contributed by atoms with van der Waals surface area (Å²) in [6, 6.07) is 5.22. The highest BCUT2D eigenvalue weighted by atomic mass is 32.2. The quantitative estimate of drug-likeness (QED) is 0.890. The molecule has 4 heteroatoms. The molecule has 2 aliphatic rings. The molecular weight excluding hydrogens is 248 g/mol. The van der Waals surface area contributed by atoms with Crippen LogP contribution < -0.4 is 5.73 Å². The Bertz CT molecular complexity index is 354. The summed E-state index contributed by atoms with van der Waals surface area (Å²) in [4.78, 5) is 4.21. The number of nitrogens with zero attached hydrogens (tertiary/aromatic N) is 1. The van der Waals surface area contributed by atoms with Gasteiger partial charge in [0.25, 0.3) is 0 Å². The minimum Gasteiger partial charge on any atom is -0.329 e. The first-order valence-electron chi connectivity index (χ1n) is 6.41. The summed E-state index contributed by atoms with van der Waals surface area (Å²) in [5, 5.41) is 2.18. The average molecular weight is 268 g/mol. The van der Waals surface area contributed by atoms with Crippen LogP contribution in [-0.4, -0.2) is 34.5 Å². The minimum absolute atomic E-state index is 0.288. The van der Waals surface area contributed by atoms with Crippen LogP contribution >= 0.6 is 23.1 Å². The van der Waals surface area contributed by atoms with Gasteiger partial charge >= 0.3 is 0 Å². The van der Waals surface area contributed by atoms with Crippen molar-refractivity contribution in [2.75, 3.05) is 18.1 Å². The SMILES string of the molecule is NCC1(N(Cc2cccs2)C2CC2)CCSC1. The van der Waals surface area contributed by atoms with Gasteiger partial charge in [-0.3, -0.25) is 4.90 Å². The second-order valence-corrected chi connectivity index (χ2v) is 7.31. The molecule has 2 heterocycles. The highest BCUT2D eigenvalue weighted by molar-refractivity contribution is 7.99. The highest BCUT2D eigenvalue weighted by Gasteiger charge is 2.45. The lowest BCUT2D eigenvalue weighted by Crippen LogP contribution is -2.54. The molecule has 2 N–H and O–H groups in total. The Hall–Kier alpha value is -0.0300. The molecule has 1 aliphatic carbocycles. The van der Waals surface area contributed by atoms with Gasteiger partial charge in [-0.25, -0.2) is 0 Å². The van der Waals surface area contributed by atoms with E-state index in [1.165, 1.54) is 35.6 Å². The van der Waals surface area contributed by atoms with Gasteiger partial charge in [-0.1, -0.05) is 6.07 Å². The monoisotopic (exact) mass is 268 g/mol. The van der Waals surface area contributed by atoms with E-state index in [0.29, 0.717) is 0 Å². The van der Waals surface area contributed by atoms with E-state index in [-0.39, 0.29) is 5.54 Å². The van der Waals surface area contributed by atoms with Gasteiger partial charge in [0.05, 0.1) is 0 Å². The molecule has 1 aromatic rings. The maximum atomic E-state index is 6.11. The van der Waals surface area contributed by atoms with E-state index in [1.807, 2.05) is 11.3 Å². The van der Waals surface area contributed by atoms with Crippen molar-refractivity contribution in [1.29, 1.82) is 0 Å². The molecule has 1 saturated heterocycles. The third-order valence-electron chi connectivity index (χ3n) is 3.97. The van der Waals surface area contributed by atoms with Gasteiger partial charge in [0.15, 0.2) is 0 Å². The smallest absolute Gasteiger partial charge is 0.0436 e. The molecule has 0 amide bonds. The Labute approximate surface area is 112 Å². The van der Waals surface area contributed by atoms with Gasteiger partial charge in [-0.15, -0.1) is 11.3 Å². The normalized spacial score (nSPS) is 29.1. The number of thioether (sulfide) groups is 1. The van der Waals surface area contributed by atoms with Crippen molar-refractivity contribution in [3.05, 3.63) is 22.4 Å². The molecule has 1 atom stereocenters. The fourth-order valence-corrected chi connectivity index (χ4v) is 4.92. The zero-order valence-corrected chi connectivity index (χ0v) is 11.7. The highest BCUT2D eigenvalue weighted by Crippen LogP contribution is 2.41. The van der Waals surface area contributed by atoms with Gasteiger partial charge < -0.3 is 5.73 Å². The number of thiophene rings is 1. The topological polar surface area (TPSA) is 29.3 Å². The van der Waals surface area contributed by atoms with Crippen molar-refractivity contribution in [2.24, 2.45) is 5.73 Å². The Kier molecular flexibility index (Phi) is 3.48. The average Bonchev–Trinajstić information content (AvgIpc) is 2.88. The van der Waals surface area contributed by atoms with E-state index < -0.39 is 0 Å². The lowest BCUT2D eigenvalue weighted by molar-refractivity contribution is 0.0993. The molecule has 1 aromatic heterocycles. The zero-order valence-electron chi connectivity index (χ0n) is 10.1. The third kappa shape index (κ3) is 2.41. The van der Waals surface area contributed by atoms with E-state index in [1.54, 1.807) is 0 Å². The Balaban J connectivity index is 1.79. The summed E-state index contributed by atoms with van der Waals surface area (Å²) in [5.41, 5.74) is 6.40. The maximum Gasteiger partial charge on any atom is 0.0436 e. The lowest BCUT2D eigenvalue weighted by atomic mass is 9.96. The van der Waals surface area contributed by atoms with Crippen LogP contribution in [0.3, 0.4) is 0 Å². The first-order chi connectivity index (χ1) is 8.34. The van der Waals surface area contributed by atoms with Crippen LogP contribution in [0.25, 0.3) is 0 Å². The summed E-state index contributed by atoms with van der Waals surface area (Å²) >= 11 is 3.95. The number of hydrogen-bond acceptors (Lipinski definition) is 4. The van der Waals surface area contributed by atoms with E-state index >= 15 is 0 Å². The molecule has 0 radical (unpaired) electrons. The van der Waals surface area contributed by atoms with Gasteiger partial charge in [-0.2, -0.15) is 11.8 Å². The van der Waals surface area contributed by atoms with E-state index in [0.717, 1.165) is 19.1 Å². The Morgan fingerprint density at radius 3 is 2.88 bits per heavy atom. The second kappa shape index (κ2) is 4.92. The summed E-state index contributed by atoms with van der Waals surface area (Å²) in [6.07, 6.45) is 4.02. The van der Waals surface area contributed by atoms with Crippen LogP contribution in [0.1, 0.15) is 24.1 Å². The fourth-order valence-electron chi connectivity index (χ4n) is 2.74. The van der Waals surface area contributed by atoms with Crippen molar-refractivity contribution < 1.29 is 0 Å². The van der Waals surface area contributed by atoms with Crippen molar-refractivity contribution in [3.63, 3.8) is 0 Å². The minimum atomic E-state index is 0.288. The van der Waals surface area contributed by atoms with E-state index in [4.69, 9.17) is 5.73 Å². The van der Waals surface area contributed by atoms with E-state index in [9.17, 15) is 0 Å². The Morgan fingerprint density at radius 2 is 2.35 bits per heavy atom. The molecule has 1 saturated carbocycles. The maximum absolute atomic E-state index is 6.11. The predicted octanol–water partition coefficient (Wildman–Crippen LogP) is 2.55. The van der Waals surface area contributed by atoms with Gasteiger partial charge in [-0.05, 0) is 36.5 Å². The fraction of sp³-hybridized carbons (Fsp3) is 0.692. The van der Waals surface area contributed by atoms with Crippen LogP contribution in [0, 0.1) is 0 Å². The van der Waals surface area contributed by atoms with Gasteiger partial charge in [0.2, 0.25) is 0 Å². The van der Waals surface area contributed by atoms with Gasteiger partial charge in [0, 0.05) is 35.3 Å². The van der Waals surface area contributed by atoms with E-state index in [2.05, 4.69) is 34.2 Å². The molecule has 94 valence electrons. The molecule has 2 fully saturated rings. The third-order valence-corrected chi connectivity index (χ3v) is 6.06. The standard InChI is InChI=1S/C13H20N2S2/c14-9-13(5-7-16-10-13)15(11-3-4-11)8-12-2-1-6-17-12/h1-2,6,11H,3-5,7-10,14H2. The van der Waals surface area contributed by atoms with Gasteiger partial charge in [0.1, 0.15) is 0 Å². The first-order valence-corrected chi connectivity index (χ1v) is 8.44. The molecular formula is C13H20N2S2. The predicted molar refractivity (Wildman–Crippen MR) is 76.6 cm³/mol. The molecule has 2 nitrogen and oxygen atoms in total. The van der Waals surface area contributed by atoms with Crippen LogP contribution in [-0.2, 0) is 6.54 Å². The summed E-state index contributed by atoms with van der Waals surface area (Å²) in [7, 11) is 0. The molecule has 1 unspecified atom stereocenters. The molecule has 0 spiro atoms. The zero-order chi connectivity index (χ0) is 11.7. The molecule has 0 aromatic carbocycles. The summed E-state index contributed by atoms with van der Waals surface area (Å²) in [6.45, 7) is 1.93. The van der Waals surface area contributed by atoms with Crippen molar-refractivity contribution in [3.8, 4) is 0 Å². The van der Waals surface area contributed by atoms with Crippen molar-refractivity contribution in [2.45, 2.75) is 37.4 Å². The number of nitrogens with two attached hydrogens (primary N) is 1. The Morgan fingerprint density at radius 1 is 1.47 bits per heavy atom. The molecule has 0 bridgehead atoms. The summed E-state index contributed by atoms with van der Waals surface area (Å²) < 4.78 is 0. The van der Waals surface area contributed by atoms with Crippen molar-refractivity contribution in [1.82, 2.24) is 4.90 Å². The number of hydrogen-bond donors (Lipinski definition) is 1. The van der Waals surface area contributed by atoms with Crippen LogP contribution in [0.15, 0.2) is 17.5 Å². The first kappa shape index (κ1) is 12.0. The molecule has 17 heavy (non-hydrogen) atoms.